The van der Waals surface area contributed by atoms with Crippen LogP contribution in [0.25, 0.3) is 0 Å². The third kappa shape index (κ3) is 2.08. The molecule has 1 fully saturated rings. The van der Waals surface area contributed by atoms with Crippen molar-refractivity contribution in [2.75, 3.05) is 13.2 Å². The lowest BCUT2D eigenvalue weighted by Crippen LogP contribution is -2.45. The summed E-state index contributed by atoms with van der Waals surface area (Å²) in [6.45, 7) is 0.673. The van der Waals surface area contributed by atoms with E-state index in [4.69, 9.17) is 16.0 Å². The Bertz CT molecular complexity index is 377. The van der Waals surface area contributed by atoms with Gasteiger partial charge in [0.15, 0.2) is 0 Å². The Labute approximate surface area is 98.8 Å². The average molecular weight is 244 g/mol. The standard InChI is InChI=1S/C11H14ClNO3/c12-10-9(4-6-16-10)11(15)13-5-2-1-3-8(13)7-14/h4,6,8,14H,1-3,5,7H2. The molecule has 1 aromatic heterocycles. The second-order valence-corrected chi connectivity index (χ2v) is 4.28. The number of aliphatic hydroxyl groups is 1. The predicted molar refractivity (Wildman–Crippen MR) is 59.5 cm³/mol. The summed E-state index contributed by atoms with van der Waals surface area (Å²) >= 11 is 5.77. The molecule has 88 valence electrons. The minimum atomic E-state index is -0.155. The maximum atomic E-state index is 12.1. The first kappa shape index (κ1) is 11.5. The highest BCUT2D eigenvalue weighted by Crippen LogP contribution is 2.23. The van der Waals surface area contributed by atoms with Crippen LogP contribution < -0.4 is 0 Å². The zero-order valence-electron chi connectivity index (χ0n) is 8.86. The molecule has 0 aromatic carbocycles. The lowest BCUT2D eigenvalue weighted by molar-refractivity contribution is 0.0502. The molecule has 1 amide bonds. The van der Waals surface area contributed by atoms with E-state index in [0.717, 1.165) is 19.3 Å². The number of carbonyl (C=O) groups is 1. The molecule has 1 aliphatic rings. The van der Waals surface area contributed by atoms with Crippen LogP contribution in [0.5, 0.6) is 0 Å². The monoisotopic (exact) mass is 243 g/mol. The molecule has 1 N–H and O–H groups in total. The van der Waals surface area contributed by atoms with Gasteiger partial charge in [0.05, 0.1) is 24.5 Å². The molecule has 0 saturated carbocycles. The molecule has 2 rings (SSSR count). The van der Waals surface area contributed by atoms with Crippen molar-refractivity contribution >= 4 is 17.5 Å². The number of nitrogens with zero attached hydrogens (tertiary/aromatic N) is 1. The zero-order chi connectivity index (χ0) is 11.5. The molecule has 5 heteroatoms. The van der Waals surface area contributed by atoms with Gasteiger partial charge in [-0.1, -0.05) is 0 Å². The summed E-state index contributed by atoms with van der Waals surface area (Å²) in [6.07, 6.45) is 4.26. The number of carbonyl (C=O) groups excluding carboxylic acids is 1. The fourth-order valence-electron chi connectivity index (χ4n) is 2.06. The van der Waals surface area contributed by atoms with Gasteiger partial charge in [-0.15, -0.1) is 0 Å². The summed E-state index contributed by atoms with van der Waals surface area (Å²) in [5, 5.41) is 9.34. The van der Waals surface area contributed by atoms with Gasteiger partial charge >= 0.3 is 0 Å². The van der Waals surface area contributed by atoms with Crippen LogP contribution in [-0.4, -0.2) is 35.1 Å². The lowest BCUT2D eigenvalue weighted by Gasteiger charge is -2.34. The van der Waals surface area contributed by atoms with Crippen LogP contribution in [0, 0.1) is 0 Å². The van der Waals surface area contributed by atoms with Crippen LogP contribution >= 0.6 is 11.6 Å². The molecule has 1 unspecified atom stereocenters. The Kier molecular flexibility index (Phi) is 3.51. The van der Waals surface area contributed by atoms with Crippen LogP contribution in [0.1, 0.15) is 29.6 Å². The number of piperidine rings is 1. The van der Waals surface area contributed by atoms with E-state index < -0.39 is 0 Å². The van der Waals surface area contributed by atoms with E-state index in [2.05, 4.69) is 0 Å². The fraction of sp³-hybridized carbons (Fsp3) is 0.545. The van der Waals surface area contributed by atoms with E-state index in [-0.39, 0.29) is 23.8 Å². The zero-order valence-corrected chi connectivity index (χ0v) is 9.61. The van der Waals surface area contributed by atoms with Gasteiger partial charge in [-0.05, 0) is 36.9 Å². The van der Waals surface area contributed by atoms with Gasteiger partial charge in [0, 0.05) is 6.54 Å². The maximum absolute atomic E-state index is 12.1. The Morgan fingerprint density at radius 3 is 3.06 bits per heavy atom. The molecule has 0 bridgehead atoms. The minimum absolute atomic E-state index is 0.00120. The van der Waals surface area contributed by atoms with Crippen molar-refractivity contribution < 1.29 is 14.3 Å². The second-order valence-electron chi connectivity index (χ2n) is 3.94. The first-order valence-electron chi connectivity index (χ1n) is 5.39. The summed E-state index contributed by atoms with van der Waals surface area (Å²) in [4.78, 5) is 13.8. The number of halogens is 1. The topological polar surface area (TPSA) is 53.7 Å². The highest BCUT2D eigenvalue weighted by Gasteiger charge is 2.28. The summed E-state index contributed by atoms with van der Waals surface area (Å²) < 4.78 is 4.90. The molecular weight excluding hydrogens is 230 g/mol. The average Bonchev–Trinajstić information content (AvgIpc) is 2.74. The SMILES string of the molecule is O=C(c1ccoc1Cl)N1CCCCC1CO. The minimum Gasteiger partial charge on any atom is -0.452 e. The predicted octanol–water partition coefficient (Wildman–Crippen LogP) is 1.92. The molecule has 1 aromatic rings. The number of hydrogen-bond donors (Lipinski definition) is 1. The number of amides is 1. The van der Waals surface area contributed by atoms with E-state index in [1.165, 1.54) is 6.26 Å². The smallest absolute Gasteiger partial charge is 0.259 e. The van der Waals surface area contributed by atoms with Gasteiger partial charge < -0.3 is 14.4 Å². The van der Waals surface area contributed by atoms with E-state index in [1.54, 1.807) is 11.0 Å². The molecule has 1 atom stereocenters. The molecule has 0 spiro atoms. The van der Waals surface area contributed by atoms with Gasteiger partial charge in [-0.2, -0.15) is 0 Å². The van der Waals surface area contributed by atoms with Crippen LogP contribution in [0.2, 0.25) is 5.22 Å². The van der Waals surface area contributed by atoms with Gasteiger partial charge in [0.2, 0.25) is 5.22 Å². The first-order valence-corrected chi connectivity index (χ1v) is 5.76. The molecule has 2 heterocycles. The number of hydrogen-bond acceptors (Lipinski definition) is 3. The molecule has 1 saturated heterocycles. The van der Waals surface area contributed by atoms with Crippen molar-refractivity contribution in [1.82, 2.24) is 4.90 Å². The van der Waals surface area contributed by atoms with Crippen molar-refractivity contribution in [1.29, 1.82) is 0 Å². The highest BCUT2D eigenvalue weighted by molar-refractivity contribution is 6.32. The summed E-state index contributed by atoms with van der Waals surface area (Å²) in [6, 6.07) is 1.47. The van der Waals surface area contributed by atoms with Crippen molar-refractivity contribution in [3.63, 3.8) is 0 Å². The lowest BCUT2D eigenvalue weighted by atomic mass is 10.0. The van der Waals surface area contributed by atoms with Gasteiger partial charge in [0.25, 0.3) is 5.91 Å². The first-order chi connectivity index (χ1) is 7.74. The third-order valence-electron chi connectivity index (χ3n) is 2.95. The largest absolute Gasteiger partial charge is 0.452 e. The molecule has 0 radical (unpaired) electrons. The third-order valence-corrected chi connectivity index (χ3v) is 3.24. The summed E-state index contributed by atoms with van der Waals surface area (Å²) in [7, 11) is 0. The summed E-state index contributed by atoms with van der Waals surface area (Å²) in [5.41, 5.74) is 0.377. The van der Waals surface area contributed by atoms with Crippen molar-refractivity contribution in [3.05, 3.63) is 23.1 Å². The van der Waals surface area contributed by atoms with Crippen molar-refractivity contribution in [2.24, 2.45) is 0 Å². The number of rotatable bonds is 2. The van der Waals surface area contributed by atoms with Gasteiger partial charge in [-0.25, -0.2) is 0 Å². The molecule has 0 aliphatic carbocycles. The van der Waals surface area contributed by atoms with Crippen molar-refractivity contribution in [2.45, 2.75) is 25.3 Å². The Morgan fingerprint density at radius 2 is 2.44 bits per heavy atom. The number of aliphatic hydroxyl groups excluding tert-OH is 1. The van der Waals surface area contributed by atoms with Crippen LogP contribution in [0.15, 0.2) is 16.7 Å². The second kappa shape index (κ2) is 4.89. The maximum Gasteiger partial charge on any atom is 0.259 e. The molecule has 4 nitrogen and oxygen atoms in total. The number of likely N-dealkylation sites (tertiary alicyclic amines) is 1. The van der Waals surface area contributed by atoms with Crippen LogP contribution in [0.4, 0.5) is 0 Å². The van der Waals surface area contributed by atoms with E-state index >= 15 is 0 Å². The summed E-state index contributed by atoms with van der Waals surface area (Å²) in [5.74, 6) is -0.155. The quantitative estimate of drug-likeness (QED) is 0.864. The molecule has 16 heavy (non-hydrogen) atoms. The molecular formula is C11H14ClNO3. The van der Waals surface area contributed by atoms with Crippen molar-refractivity contribution in [3.8, 4) is 0 Å². The van der Waals surface area contributed by atoms with E-state index in [1.807, 2.05) is 0 Å². The van der Waals surface area contributed by atoms with Gasteiger partial charge in [0.1, 0.15) is 0 Å². The Hall–Kier alpha value is -1.00. The highest BCUT2D eigenvalue weighted by atomic mass is 35.5. The van der Waals surface area contributed by atoms with E-state index in [0.29, 0.717) is 12.1 Å². The van der Waals surface area contributed by atoms with E-state index in [9.17, 15) is 9.90 Å². The Balaban J connectivity index is 2.17. The van der Waals surface area contributed by atoms with Gasteiger partial charge in [-0.3, -0.25) is 4.79 Å². The van der Waals surface area contributed by atoms with Crippen LogP contribution in [-0.2, 0) is 0 Å². The fourth-order valence-corrected chi connectivity index (χ4v) is 2.25. The number of furan rings is 1. The molecule has 1 aliphatic heterocycles. The normalized spacial score (nSPS) is 21.1. The Morgan fingerprint density at radius 1 is 1.62 bits per heavy atom. The van der Waals surface area contributed by atoms with Crippen LogP contribution in [0.3, 0.4) is 0 Å².